The molecule has 0 amide bonds. The molecule has 1 aliphatic carbocycles. The van der Waals surface area contributed by atoms with Crippen molar-refractivity contribution >= 4 is 5.96 Å². The van der Waals surface area contributed by atoms with Crippen LogP contribution < -0.4 is 15.4 Å². The molecule has 1 fully saturated rings. The maximum atomic E-state index is 5.78. The number of nitrogens with one attached hydrogen (secondary N) is 2. The van der Waals surface area contributed by atoms with Crippen molar-refractivity contribution in [1.82, 2.24) is 10.6 Å². The van der Waals surface area contributed by atoms with Gasteiger partial charge in [0.25, 0.3) is 0 Å². The van der Waals surface area contributed by atoms with E-state index >= 15 is 0 Å². The van der Waals surface area contributed by atoms with Gasteiger partial charge in [0.1, 0.15) is 5.75 Å². The van der Waals surface area contributed by atoms with Gasteiger partial charge in [-0.05, 0) is 49.3 Å². The number of hydrogen-bond acceptors (Lipinski definition) is 4. The van der Waals surface area contributed by atoms with Crippen LogP contribution in [0, 0.1) is 5.41 Å². The van der Waals surface area contributed by atoms with Gasteiger partial charge in [-0.25, -0.2) is 4.99 Å². The van der Waals surface area contributed by atoms with Gasteiger partial charge in [-0.2, -0.15) is 0 Å². The lowest BCUT2D eigenvalue weighted by molar-refractivity contribution is 0.0732. The van der Waals surface area contributed by atoms with E-state index in [1.807, 2.05) is 12.1 Å². The molecule has 0 heterocycles. The Kier molecular flexibility index (Phi) is 10.1. The average molecular weight is 392 g/mol. The molecule has 0 atom stereocenters. The Morgan fingerprint density at radius 2 is 1.93 bits per heavy atom. The average Bonchev–Trinajstić information content (AvgIpc) is 2.68. The Bertz CT molecular complexity index is 588. The normalized spacial score (nSPS) is 15.8. The molecule has 2 rings (SSSR count). The Balaban J connectivity index is 1.87. The Morgan fingerprint density at radius 1 is 1.11 bits per heavy atom. The van der Waals surface area contributed by atoms with Crippen molar-refractivity contribution in [2.75, 3.05) is 47.1 Å². The summed E-state index contributed by atoms with van der Waals surface area (Å²) >= 11 is 0. The van der Waals surface area contributed by atoms with Gasteiger partial charge in [0.05, 0.1) is 13.2 Å². The van der Waals surface area contributed by atoms with Crippen LogP contribution in [0.25, 0.3) is 0 Å². The number of benzene rings is 1. The summed E-state index contributed by atoms with van der Waals surface area (Å²) in [5.41, 5.74) is 1.50. The lowest BCUT2D eigenvalue weighted by atomic mass is 9.67. The van der Waals surface area contributed by atoms with Crippen LogP contribution in [0.3, 0.4) is 0 Å². The molecule has 1 aromatic rings. The first-order valence-electron chi connectivity index (χ1n) is 10.4. The first-order valence-corrected chi connectivity index (χ1v) is 10.4. The van der Waals surface area contributed by atoms with Gasteiger partial charge in [-0.1, -0.05) is 18.6 Å². The second kappa shape index (κ2) is 12.6. The highest BCUT2D eigenvalue weighted by atomic mass is 16.5. The fourth-order valence-corrected chi connectivity index (χ4v) is 3.42. The zero-order chi connectivity index (χ0) is 20.1. The molecular weight excluding hydrogens is 354 g/mol. The standard InChI is InChI=1S/C22H37N3O3/c1-4-23-21(25-18-22(10-6-11-22)12-15-27-3)24-17-19-8-5-9-20(16-19)28-14-7-13-26-2/h5,8-9,16H,4,6-7,10-15,17-18H2,1-3H3,(H2,23,24,25). The molecule has 0 radical (unpaired) electrons. The lowest BCUT2D eigenvalue weighted by Crippen LogP contribution is -2.46. The van der Waals surface area contributed by atoms with E-state index in [0.29, 0.717) is 25.2 Å². The van der Waals surface area contributed by atoms with Crippen LogP contribution in [0.15, 0.2) is 29.3 Å². The lowest BCUT2D eigenvalue weighted by Gasteiger charge is -2.42. The molecule has 0 saturated heterocycles. The van der Waals surface area contributed by atoms with E-state index in [1.165, 1.54) is 19.3 Å². The predicted molar refractivity (Wildman–Crippen MR) is 114 cm³/mol. The van der Waals surface area contributed by atoms with Gasteiger partial charge in [0.2, 0.25) is 0 Å². The molecular formula is C22H37N3O3. The van der Waals surface area contributed by atoms with E-state index < -0.39 is 0 Å². The number of hydrogen-bond donors (Lipinski definition) is 2. The summed E-state index contributed by atoms with van der Waals surface area (Å²) in [7, 11) is 3.49. The zero-order valence-electron chi connectivity index (χ0n) is 17.8. The Hall–Kier alpha value is -1.79. The number of nitrogens with zero attached hydrogens (tertiary/aromatic N) is 1. The van der Waals surface area contributed by atoms with Gasteiger partial charge in [0, 0.05) is 46.9 Å². The number of aliphatic imine (C=N–C) groups is 1. The number of guanidine groups is 1. The van der Waals surface area contributed by atoms with Crippen molar-refractivity contribution in [2.45, 2.75) is 45.6 Å². The van der Waals surface area contributed by atoms with E-state index in [4.69, 9.17) is 19.2 Å². The minimum atomic E-state index is 0.363. The van der Waals surface area contributed by atoms with Crippen LogP contribution in [-0.4, -0.2) is 53.1 Å². The molecule has 0 spiro atoms. The van der Waals surface area contributed by atoms with E-state index in [1.54, 1.807) is 14.2 Å². The molecule has 6 heteroatoms. The summed E-state index contributed by atoms with van der Waals surface area (Å²) in [5, 5.41) is 6.90. The summed E-state index contributed by atoms with van der Waals surface area (Å²) in [4.78, 5) is 4.76. The predicted octanol–water partition coefficient (Wildman–Crippen LogP) is 3.36. The van der Waals surface area contributed by atoms with E-state index in [-0.39, 0.29) is 0 Å². The Labute approximate surface area is 170 Å². The van der Waals surface area contributed by atoms with Gasteiger partial charge in [0.15, 0.2) is 5.96 Å². The number of rotatable bonds is 13. The van der Waals surface area contributed by atoms with Crippen LogP contribution in [0.2, 0.25) is 0 Å². The van der Waals surface area contributed by atoms with Gasteiger partial charge >= 0.3 is 0 Å². The highest BCUT2D eigenvalue weighted by molar-refractivity contribution is 5.79. The summed E-state index contributed by atoms with van der Waals surface area (Å²) < 4.78 is 16.1. The molecule has 6 nitrogen and oxygen atoms in total. The monoisotopic (exact) mass is 391 g/mol. The zero-order valence-corrected chi connectivity index (χ0v) is 17.8. The largest absolute Gasteiger partial charge is 0.493 e. The Morgan fingerprint density at radius 3 is 2.61 bits per heavy atom. The van der Waals surface area contributed by atoms with Crippen molar-refractivity contribution in [3.8, 4) is 5.75 Å². The topological polar surface area (TPSA) is 64.1 Å². The number of methoxy groups -OCH3 is 2. The second-order valence-electron chi connectivity index (χ2n) is 7.49. The van der Waals surface area contributed by atoms with Crippen molar-refractivity contribution in [1.29, 1.82) is 0 Å². The minimum Gasteiger partial charge on any atom is -0.493 e. The van der Waals surface area contributed by atoms with Crippen molar-refractivity contribution in [3.05, 3.63) is 29.8 Å². The van der Waals surface area contributed by atoms with Crippen LogP contribution in [0.1, 0.15) is 44.6 Å². The van der Waals surface area contributed by atoms with Crippen molar-refractivity contribution < 1.29 is 14.2 Å². The molecule has 0 unspecified atom stereocenters. The fraction of sp³-hybridized carbons (Fsp3) is 0.682. The molecule has 158 valence electrons. The van der Waals surface area contributed by atoms with Crippen molar-refractivity contribution in [2.24, 2.45) is 10.4 Å². The highest BCUT2D eigenvalue weighted by Crippen LogP contribution is 2.43. The summed E-state index contributed by atoms with van der Waals surface area (Å²) in [6.07, 6.45) is 5.85. The smallest absolute Gasteiger partial charge is 0.191 e. The van der Waals surface area contributed by atoms with Gasteiger partial charge < -0.3 is 24.8 Å². The third-order valence-electron chi connectivity index (χ3n) is 5.31. The third-order valence-corrected chi connectivity index (χ3v) is 5.31. The van der Waals surface area contributed by atoms with Crippen LogP contribution in [-0.2, 0) is 16.0 Å². The summed E-state index contributed by atoms with van der Waals surface area (Å²) in [6, 6.07) is 8.15. The van der Waals surface area contributed by atoms with Crippen molar-refractivity contribution in [3.63, 3.8) is 0 Å². The maximum absolute atomic E-state index is 5.78. The summed E-state index contributed by atoms with van der Waals surface area (Å²) in [6.45, 7) is 6.71. The molecule has 28 heavy (non-hydrogen) atoms. The summed E-state index contributed by atoms with van der Waals surface area (Å²) in [5.74, 6) is 1.76. The molecule has 2 N–H and O–H groups in total. The second-order valence-corrected chi connectivity index (χ2v) is 7.49. The quantitative estimate of drug-likeness (QED) is 0.307. The van der Waals surface area contributed by atoms with E-state index in [2.05, 4.69) is 29.7 Å². The van der Waals surface area contributed by atoms with Gasteiger partial charge in [-0.15, -0.1) is 0 Å². The fourth-order valence-electron chi connectivity index (χ4n) is 3.42. The molecule has 1 aromatic carbocycles. The third kappa shape index (κ3) is 7.68. The first-order chi connectivity index (χ1) is 13.7. The van der Waals surface area contributed by atoms with Gasteiger partial charge in [-0.3, -0.25) is 0 Å². The maximum Gasteiger partial charge on any atom is 0.191 e. The molecule has 0 aliphatic heterocycles. The molecule has 1 saturated carbocycles. The van der Waals surface area contributed by atoms with Crippen LogP contribution in [0.5, 0.6) is 5.75 Å². The van der Waals surface area contributed by atoms with E-state index in [9.17, 15) is 0 Å². The first kappa shape index (κ1) is 22.5. The minimum absolute atomic E-state index is 0.363. The number of ether oxygens (including phenoxy) is 3. The SMILES string of the molecule is CCNC(=NCc1cccc(OCCCOC)c1)NCC1(CCOC)CCC1. The van der Waals surface area contributed by atoms with E-state index in [0.717, 1.165) is 49.8 Å². The molecule has 0 bridgehead atoms. The van der Waals surface area contributed by atoms with Crippen LogP contribution >= 0.6 is 0 Å². The molecule has 1 aliphatic rings. The highest BCUT2D eigenvalue weighted by Gasteiger charge is 2.36. The van der Waals surface area contributed by atoms with Crippen LogP contribution in [0.4, 0.5) is 0 Å². The molecule has 0 aromatic heterocycles.